The lowest BCUT2D eigenvalue weighted by Crippen LogP contribution is -2.01. The summed E-state index contributed by atoms with van der Waals surface area (Å²) >= 11 is 6.11. The number of hydrogen-bond acceptors (Lipinski definition) is 2. The molecule has 2 aromatic rings. The molecular formula is C15H13ClO3. The normalized spacial score (nSPS) is 11.6. The molecule has 0 aliphatic carbocycles. The Morgan fingerprint density at radius 1 is 1.26 bits per heavy atom. The van der Waals surface area contributed by atoms with Crippen LogP contribution in [0.1, 0.15) is 6.92 Å². The van der Waals surface area contributed by atoms with Gasteiger partial charge in [-0.05, 0) is 25.1 Å². The van der Waals surface area contributed by atoms with E-state index >= 15 is 0 Å². The largest absolute Gasteiger partial charge is 0.489 e. The molecule has 98 valence electrons. The van der Waals surface area contributed by atoms with Crippen LogP contribution >= 0.6 is 11.6 Å². The molecular weight excluding hydrogens is 264 g/mol. The first-order valence-electron chi connectivity index (χ1n) is 5.79. The highest BCUT2D eigenvalue weighted by Crippen LogP contribution is 2.31. The van der Waals surface area contributed by atoms with E-state index < -0.39 is 5.97 Å². The van der Waals surface area contributed by atoms with Crippen molar-refractivity contribution in [2.75, 3.05) is 6.61 Å². The first-order chi connectivity index (χ1) is 9.09. The van der Waals surface area contributed by atoms with Gasteiger partial charge in [0, 0.05) is 21.4 Å². The summed E-state index contributed by atoms with van der Waals surface area (Å²) in [4.78, 5) is 10.7. The summed E-state index contributed by atoms with van der Waals surface area (Å²) in [7, 11) is 0. The second-order valence-corrected chi connectivity index (χ2v) is 4.50. The quantitative estimate of drug-likeness (QED) is 0.862. The zero-order chi connectivity index (χ0) is 13.8. The molecule has 0 saturated carbocycles. The van der Waals surface area contributed by atoms with Crippen LogP contribution in [0.25, 0.3) is 10.8 Å². The van der Waals surface area contributed by atoms with Gasteiger partial charge in [0.2, 0.25) is 0 Å². The van der Waals surface area contributed by atoms with E-state index in [1.807, 2.05) is 24.3 Å². The lowest BCUT2D eigenvalue weighted by molar-refractivity contribution is -0.132. The zero-order valence-corrected chi connectivity index (χ0v) is 11.1. The highest BCUT2D eigenvalue weighted by Gasteiger charge is 2.05. The molecule has 19 heavy (non-hydrogen) atoms. The Labute approximate surface area is 116 Å². The molecule has 0 atom stereocenters. The number of carboxylic acid groups (broad SMARTS) is 1. The van der Waals surface area contributed by atoms with Crippen LogP contribution in [0, 0.1) is 0 Å². The highest BCUT2D eigenvalue weighted by atomic mass is 35.5. The smallest absolute Gasteiger partial charge is 0.331 e. The number of halogens is 1. The fourth-order valence-electron chi connectivity index (χ4n) is 1.70. The van der Waals surface area contributed by atoms with Crippen LogP contribution in [0.4, 0.5) is 0 Å². The summed E-state index contributed by atoms with van der Waals surface area (Å²) < 4.78 is 5.60. The molecule has 0 fully saturated rings. The molecule has 0 spiro atoms. The maximum atomic E-state index is 10.7. The summed E-state index contributed by atoms with van der Waals surface area (Å²) in [6.45, 7) is 1.75. The number of rotatable bonds is 4. The number of carboxylic acids is 1. The third-order valence-corrected chi connectivity index (χ3v) is 3.13. The van der Waals surface area contributed by atoms with Gasteiger partial charge >= 0.3 is 5.97 Å². The first kappa shape index (κ1) is 13.4. The van der Waals surface area contributed by atoms with E-state index in [0.717, 1.165) is 10.8 Å². The molecule has 0 radical (unpaired) electrons. The monoisotopic (exact) mass is 276 g/mol. The van der Waals surface area contributed by atoms with Gasteiger partial charge in [0.25, 0.3) is 0 Å². The molecule has 0 heterocycles. The molecule has 0 unspecified atom stereocenters. The second kappa shape index (κ2) is 5.76. The van der Waals surface area contributed by atoms with Gasteiger partial charge in [0.1, 0.15) is 12.4 Å². The van der Waals surface area contributed by atoms with Crippen molar-refractivity contribution in [2.24, 2.45) is 0 Å². The van der Waals surface area contributed by atoms with Crippen LogP contribution in [0.5, 0.6) is 5.75 Å². The fraction of sp³-hybridized carbons (Fsp3) is 0.133. The molecule has 2 rings (SSSR count). The van der Waals surface area contributed by atoms with Crippen molar-refractivity contribution in [3.63, 3.8) is 0 Å². The van der Waals surface area contributed by atoms with Crippen LogP contribution in [0.3, 0.4) is 0 Å². The summed E-state index contributed by atoms with van der Waals surface area (Å²) in [6.07, 6.45) is 1.53. The van der Waals surface area contributed by atoms with Gasteiger partial charge in [-0.2, -0.15) is 0 Å². The molecule has 2 aromatic carbocycles. The van der Waals surface area contributed by atoms with Crippen LogP contribution in [-0.4, -0.2) is 17.7 Å². The number of carbonyl (C=O) groups is 1. The molecule has 0 bridgehead atoms. The van der Waals surface area contributed by atoms with Crippen LogP contribution in [0.2, 0.25) is 5.02 Å². The fourth-order valence-corrected chi connectivity index (χ4v) is 1.93. The van der Waals surface area contributed by atoms with Crippen molar-refractivity contribution in [3.05, 3.63) is 53.1 Å². The van der Waals surface area contributed by atoms with Gasteiger partial charge in [-0.25, -0.2) is 4.79 Å². The lowest BCUT2D eigenvalue weighted by Gasteiger charge is -2.08. The van der Waals surface area contributed by atoms with Crippen molar-refractivity contribution in [3.8, 4) is 5.75 Å². The van der Waals surface area contributed by atoms with Crippen molar-refractivity contribution >= 4 is 28.3 Å². The van der Waals surface area contributed by atoms with Gasteiger partial charge in [0.05, 0.1) is 0 Å². The van der Waals surface area contributed by atoms with E-state index in [2.05, 4.69) is 0 Å². The third kappa shape index (κ3) is 3.06. The minimum absolute atomic E-state index is 0.212. The van der Waals surface area contributed by atoms with E-state index in [4.69, 9.17) is 21.4 Å². The third-order valence-electron chi connectivity index (χ3n) is 2.80. The van der Waals surface area contributed by atoms with E-state index in [1.165, 1.54) is 13.0 Å². The minimum atomic E-state index is -0.940. The molecule has 3 nitrogen and oxygen atoms in total. The number of benzene rings is 2. The topological polar surface area (TPSA) is 46.5 Å². The molecule has 0 aliphatic rings. The molecule has 0 aliphatic heterocycles. The predicted molar refractivity (Wildman–Crippen MR) is 75.8 cm³/mol. The van der Waals surface area contributed by atoms with Crippen molar-refractivity contribution in [2.45, 2.75) is 6.92 Å². The van der Waals surface area contributed by atoms with E-state index in [0.29, 0.717) is 10.8 Å². The highest BCUT2D eigenvalue weighted by molar-refractivity contribution is 6.35. The average molecular weight is 277 g/mol. The zero-order valence-electron chi connectivity index (χ0n) is 10.4. The molecule has 0 aromatic heterocycles. The number of aliphatic carboxylic acids is 1. The lowest BCUT2D eigenvalue weighted by atomic mass is 10.1. The van der Waals surface area contributed by atoms with Gasteiger partial charge < -0.3 is 9.84 Å². The van der Waals surface area contributed by atoms with Gasteiger partial charge in [-0.15, -0.1) is 0 Å². The van der Waals surface area contributed by atoms with E-state index in [9.17, 15) is 4.79 Å². The number of ether oxygens (including phenoxy) is 1. The number of hydrogen-bond donors (Lipinski definition) is 1. The summed E-state index contributed by atoms with van der Waals surface area (Å²) in [5.74, 6) is -0.251. The Morgan fingerprint density at radius 2 is 1.95 bits per heavy atom. The molecule has 0 amide bonds. The Kier molecular flexibility index (Phi) is 4.07. The maximum absolute atomic E-state index is 10.7. The van der Waals surface area contributed by atoms with Gasteiger partial charge in [0.15, 0.2) is 0 Å². The van der Waals surface area contributed by atoms with Crippen molar-refractivity contribution in [1.29, 1.82) is 0 Å². The van der Waals surface area contributed by atoms with E-state index in [1.54, 1.807) is 12.1 Å². The summed E-state index contributed by atoms with van der Waals surface area (Å²) in [5, 5.41) is 11.2. The Bertz CT molecular complexity index is 647. The second-order valence-electron chi connectivity index (χ2n) is 4.09. The Morgan fingerprint density at radius 3 is 2.63 bits per heavy atom. The summed E-state index contributed by atoms with van der Waals surface area (Å²) in [6, 6.07) is 11.2. The van der Waals surface area contributed by atoms with Crippen molar-refractivity contribution < 1.29 is 14.6 Å². The predicted octanol–water partition coefficient (Wildman–Crippen LogP) is 3.90. The minimum Gasteiger partial charge on any atom is -0.489 e. The standard InChI is InChI=1S/C15H13ClO3/c1-10(15(17)18)8-9-19-14-7-6-13(16)11-4-2-3-5-12(11)14/h2-8H,9H2,1H3,(H,17,18). The first-order valence-corrected chi connectivity index (χ1v) is 6.17. The molecule has 4 heteroatoms. The van der Waals surface area contributed by atoms with Crippen molar-refractivity contribution in [1.82, 2.24) is 0 Å². The van der Waals surface area contributed by atoms with Crippen LogP contribution in [0.15, 0.2) is 48.0 Å². The SMILES string of the molecule is CC(=CCOc1ccc(Cl)c2ccccc12)C(=O)O. The molecule has 0 saturated heterocycles. The van der Waals surface area contributed by atoms with Gasteiger partial charge in [-0.1, -0.05) is 35.9 Å². The van der Waals surface area contributed by atoms with Gasteiger partial charge in [-0.3, -0.25) is 0 Å². The van der Waals surface area contributed by atoms with Crippen LogP contribution < -0.4 is 4.74 Å². The summed E-state index contributed by atoms with van der Waals surface area (Å²) in [5.41, 5.74) is 0.262. The van der Waals surface area contributed by atoms with E-state index in [-0.39, 0.29) is 12.2 Å². The Hall–Kier alpha value is -2.00. The Balaban J connectivity index is 2.25. The number of fused-ring (bicyclic) bond motifs is 1. The maximum Gasteiger partial charge on any atom is 0.331 e. The molecule has 1 N–H and O–H groups in total. The average Bonchev–Trinajstić information content (AvgIpc) is 2.41. The van der Waals surface area contributed by atoms with Crippen LogP contribution in [-0.2, 0) is 4.79 Å².